The molecular formula is C20H18ClN7O4. The molecule has 6 rings (SSSR count). The van der Waals surface area contributed by atoms with Gasteiger partial charge in [-0.05, 0) is 22.1 Å². The second kappa shape index (κ2) is 7.78. The Hall–Kier alpha value is -3.12. The fraction of sp³-hybridized carbons (Fsp3) is 0.350. The third-order valence-electron chi connectivity index (χ3n) is 5.64. The topological polar surface area (TPSA) is 144 Å². The summed E-state index contributed by atoms with van der Waals surface area (Å²) in [6.07, 6.45) is -1.09. The van der Waals surface area contributed by atoms with Crippen LogP contribution in [0.3, 0.4) is 0 Å². The Morgan fingerprint density at radius 2 is 1.97 bits per heavy atom. The lowest BCUT2D eigenvalue weighted by Crippen LogP contribution is -2.34. The monoisotopic (exact) mass is 455 g/mol. The molecule has 2 fully saturated rings. The number of halogens is 1. The van der Waals surface area contributed by atoms with Crippen LogP contribution < -0.4 is 4.74 Å². The quantitative estimate of drug-likeness (QED) is 0.405. The zero-order valence-electron chi connectivity index (χ0n) is 16.6. The first-order valence-corrected chi connectivity index (χ1v) is 10.5. The summed E-state index contributed by atoms with van der Waals surface area (Å²) in [4.78, 5) is 12.2. The van der Waals surface area contributed by atoms with Crippen molar-refractivity contribution in [2.24, 2.45) is 0 Å². The summed E-state index contributed by atoms with van der Waals surface area (Å²) in [5.74, 6) is 0.691. The molecule has 2 saturated heterocycles. The molecule has 0 aliphatic carbocycles. The van der Waals surface area contributed by atoms with Crippen LogP contribution in [0.5, 0.6) is 6.01 Å². The van der Waals surface area contributed by atoms with Gasteiger partial charge in [-0.15, -0.1) is 5.10 Å². The Kier molecular flexibility index (Phi) is 4.76. The highest BCUT2D eigenvalue weighted by Gasteiger charge is 2.48. The van der Waals surface area contributed by atoms with E-state index in [9.17, 15) is 5.11 Å². The Balaban J connectivity index is 1.23. The predicted molar refractivity (Wildman–Crippen MR) is 111 cm³/mol. The standard InChI is InChI=1S/C20H18ClN7O4/c21-11-6-12-19(24-20(22-12)32-14-8-31-17-13(29)7-30-18(14)17)23-16(11)10-3-1-9(2-4-10)5-15-25-27-28-26-15/h1-4,6,13-14,17-18,29H,5,7-8H2,(H,22,23,24)(H,25,26,27,28)/t13?,14-,17-,18-/m1/s1. The van der Waals surface area contributed by atoms with E-state index in [1.165, 1.54) is 0 Å². The zero-order valence-corrected chi connectivity index (χ0v) is 17.4. The number of aromatic amines is 2. The van der Waals surface area contributed by atoms with Gasteiger partial charge in [-0.3, -0.25) is 0 Å². The third-order valence-corrected chi connectivity index (χ3v) is 5.93. The van der Waals surface area contributed by atoms with Gasteiger partial charge < -0.3 is 24.3 Å². The molecule has 3 aromatic heterocycles. The lowest BCUT2D eigenvalue weighted by Gasteiger charge is -2.15. The average Bonchev–Trinajstić information content (AvgIpc) is 3.56. The Labute approximate surface area is 186 Å². The number of nitrogens with one attached hydrogen (secondary N) is 2. The summed E-state index contributed by atoms with van der Waals surface area (Å²) in [6, 6.07) is 9.93. The van der Waals surface area contributed by atoms with E-state index in [0.29, 0.717) is 46.7 Å². The highest BCUT2D eigenvalue weighted by Crippen LogP contribution is 2.32. The molecule has 32 heavy (non-hydrogen) atoms. The van der Waals surface area contributed by atoms with Crippen molar-refractivity contribution in [2.75, 3.05) is 13.2 Å². The summed E-state index contributed by atoms with van der Waals surface area (Å²) in [7, 11) is 0. The normalized spacial score (nSPS) is 24.8. The number of tetrazole rings is 1. The van der Waals surface area contributed by atoms with Gasteiger partial charge in [-0.1, -0.05) is 35.9 Å². The third kappa shape index (κ3) is 3.48. The van der Waals surface area contributed by atoms with Gasteiger partial charge in [0, 0.05) is 12.0 Å². The van der Waals surface area contributed by atoms with E-state index in [0.717, 1.165) is 11.1 Å². The number of rotatable bonds is 5. The Morgan fingerprint density at radius 3 is 2.78 bits per heavy atom. The van der Waals surface area contributed by atoms with Gasteiger partial charge in [0.15, 0.2) is 17.6 Å². The molecule has 0 saturated carbocycles. The van der Waals surface area contributed by atoms with Gasteiger partial charge in [0.05, 0.1) is 29.4 Å². The number of aliphatic hydroxyl groups is 1. The molecule has 164 valence electrons. The number of fused-ring (bicyclic) bond motifs is 2. The van der Waals surface area contributed by atoms with Crippen molar-refractivity contribution >= 4 is 22.8 Å². The summed E-state index contributed by atoms with van der Waals surface area (Å²) in [5.41, 5.74) is 3.68. The van der Waals surface area contributed by atoms with Crippen LogP contribution >= 0.6 is 11.6 Å². The van der Waals surface area contributed by atoms with E-state index in [4.69, 9.17) is 25.8 Å². The van der Waals surface area contributed by atoms with Crippen molar-refractivity contribution in [1.29, 1.82) is 0 Å². The van der Waals surface area contributed by atoms with Gasteiger partial charge in [-0.25, -0.2) is 10.1 Å². The molecule has 4 atom stereocenters. The number of aromatic nitrogens is 7. The number of H-pyrrole nitrogens is 2. The number of aliphatic hydroxyl groups excluding tert-OH is 1. The molecule has 2 aliphatic rings. The second-order valence-corrected chi connectivity index (χ2v) is 8.18. The minimum absolute atomic E-state index is 0.240. The fourth-order valence-electron chi connectivity index (χ4n) is 4.07. The van der Waals surface area contributed by atoms with Gasteiger partial charge >= 0.3 is 0 Å². The molecule has 5 heterocycles. The van der Waals surface area contributed by atoms with Crippen molar-refractivity contribution in [3.63, 3.8) is 0 Å². The number of hydrogen-bond donors (Lipinski definition) is 3. The summed E-state index contributed by atoms with van der Waals surface area (Å²) in [6.45, 7) is 0.559. The van der Waals surface area contributed by atoms with Gasteiger partial charge in [0.1, 0.15) is 18.3 Å². The minimum Gasteiger partial charge on any atom is -0.456 e. The first-order valence-electron chi connectivity index (χ1n) is 10.1. The molecule has 1 unspecified atom stereocenters. The lowest BCUT2D eigenvalue weighted by atomic mass is 10.1. The largest absolute Gasteiger partial charge is 0.456 e. The van der Waals surface area contributed by atoms with Gasteiger partial charge in [0.2, 0.25) is 0 Å². The highest BCUT2D eigenvalue weighted by atomic mass is 35.5. The van der Waals surface area contributed by atoms with E-state index in [1.54, 1.807) is 6.07 Å². The number of nitrogens with zero attached hydrogens (tertiary/aromatic N) is 5. The number of imidazole rings is 1. The number of pyridine rings is 1. The van der Waals surface area contributed by atoms with E-state index < -0.39 is 6.10 Å². The van der Waals surface area contributed by atoms with Crippen molar-refractivity contribution in [3.05, 3.63) is 46.7 Å². The van der Waals surface area contributed by atoms with E-state index >= 15 is 0 Å². The first-order chi connectivity index (χ1) is 15.6. The Bertz CT molecular complexity index is 1250. The SMILES string of the molecule is OC1CO[C@H]2[C@@H]1OC[C@H]2Oc1nc2nc(-c3ccc(Cc4nnn[nH]4)cc3)c(Cl)cc2[nH]1. The van der Waals surface area contributed by atoms with E-state index in [-0.39, 0.29) is 24.9 Å². The van der Waals surface area contributed by atoms with Crippen molar-refractivity contribution in [1.82, 2.24) is 35.6 Å². The fourth-order valence-corrected chi connectivity index (χ4v) is 4.33. The molecule has 0 amide bonds. The van der Waals surface area contributed by atoms with Gasteiger partial charge in [-0.2, -0.15) is 4.98 Å². The molecular weight excluding hydrogens is 438 g/mol. The van der Waals surface area contributed by atoms with Gasteiger partial charge in [0.25, 0.3) is 6.01 Å². The molecule has 1 aromatic carbocycles. The van der Waals surface area contributed by atoms with Crippen LogP contribution in [-0.2, 0) is 15.9 Å². The molecule has 0 spiro atoms. The number of hydrogen-bond acceptors (Lipinski definition) is 9. The van der Waals surface area contributed by atoms with Crippen molar-refractivity contribution in [3.8, 4) is 17.3 Å². The first kappa shape index (κ1) is 19.6. The van der Waals surface area contributed by atoms with Crippen molar-refractivity contribution in [2.45, 2.75) is 30.8 Å². The van der Waals surface area contributed by atoms with Crippen LogP contribution in [0.15, 0.2) is 30.3 Å². The smallest absolute Gasteiger partial charge is 0.296 e. The summed E-state index contributed by atoms with van der Waals surface area (Å²) in [5, 5.41) is 24.2. The van der Waals surface area contributed by atoms with E-state index in [1.807, 2.05) is 24.3 Å². The van der Waals surface area contributed by atoms with Crippen LogP contribution in [0.1, 0.15) is 11.4 Å². The maximum Gasteiger partial charge on any atom is 0.296 e. The second-order valence-electron chi connectivity index (χ2n) is 7.77. The maximum absolute atomic E-state index is 9.88. The summed E-state index contributed by atoms with van der Waals surface area (Å²) >= 11 is 6.51. The van der Waals surface area contributed by atoms with Crippen LogP contribution in [0.2, 0.25) is 5.02 Å². The molecule has 11 nitrogen and oxygen atoms in total. The number of benzene rings is 1. The average molecular weight is 456 g/mol. The molecule has 3 N–H and O–H groups in total. The van der Waals surface area contributed by atoms with Crippen LogP contribution in [0, 0.1) is 0 Å². The minimum atomic E-state index is -0.633. The molecule has 4 aromatic rings. The van der Waals surface area contributed by atoms with Crippen LogP contribution in [-0.4, -0.2) is 78.3 Å². The Morgan fingerprint density at radius 1 is 1.12 bits per heavy atom. The molecule has 12 heteroatoms. The highest BCUT2D eigenvalue weighted by molar-refractivity contribution is 6.33. The van der Waals surface area contributed by atoms with E-state index in [2.05, 4.69) is 35.6 Å². The van der Waals surface area contributed by atoms with Crippen LogP contribution in [0.25, 0.3) is 22.4 Å². The molecule has 2 aliphatic heterocycles. The number of ether oxygens (including phenoxy) is 3. The van der Waals surface area contributed by atoms with Crippen LogP contribution in [0.4, 0.5) is 0 Å². The maximum atomic E-state index is 9.88. The van der Waals surface area contributed by atoms with Crippen molar-refractivity contribution < 1.29 is 19.3 Å². The summed E-state index contributed by atoms with van der Waals surface area (Å²) < 4.78 is 17.1. The molecule has 0 radical (unpaired) electrons. The zero-order chi connectivity index (χ0) is 21.7. The lowest BCUT2D eigenvalue weighted by molar-refractivity contribution is 0.00706. The molecule has 0 bridgehead atoms. The predicted octanol–water partition coefficient (Wildman–Crippen LogP) is 1.29.